The maximum absolute atomic E-state index is 14.5. The summed E-state index contributed by atoms with van der Waals surface area (Å²) < 4.78 is 9.97. The number of likely N-dealkylation sites (tertiary alicyclic amines) is 1. The number of fused-ring (bicyclic) bond motifs is 1. The van der Waals surface area contributed by atoms with E-state index >= 15 is 0 Å². The number of hydrogen-bond donors (Lipinski definition) is 1. The van der Waals surface area contributed by atoms with Gasteiger partial charge in [-0.05, 0) is 49.4 Å². The molecule has 0 aliphatic carbocycles. The van der Waals surface area contributed by atoms with Crippen molar-refractivity contribution in [3.63, 3.8) is 0 Å². The number of aliphatic hydroxyl groups is 1. The molecule has 4 rings (SSSR count). The van der Waals surface area contributed by atoms with Crippen molar-refractivity contribution >= 4 is 35.2 Å². The third-order valence-corrected chi connectivity index (χ3v) is 9.94. The van der Waals surface area contributed by atoms with Crippen LogP contribution in [0.3, 0.4) is 0 Å². The van der Waals surface area contributed by atoms with E-state index in [-0.39, 0.29) is 42.7 Å². The summed E-state index contributed by atoms with van der Waals surface area (Å²) in [5, 5.41) is 9.28. The van der Waals surface area contributed by atoms with Crippen molar-refractivity contribution in [3.05, 3.63) is 49.6 Å². The SMILES string of the molecule is C=CCOC(=O)[C@@H]1[C@H]2C(=O)N(CCCCO)C(C(=O)N(CC=C)c3ccc(OC)cc3)C23S[C@@H]1CC3C. The van der Waals surface area contributed by atoms with Gasteiger partial charge in [0.05, 0.1) is 23.7 Å². The molecule has 9 heteroatoms. The summed E-state index contributed by atoms with van der Waals surface area (Å²) in [4.78, 5) is 45.0. The second-order valence-corrected chi connectivity index (χ2v) is 11.4. The van der Waals surface area contributed by atoms with Crippen LogP contribution in [-0.2, 0) is 19.1 Å². The molecule has 37 heavy (non-hydrogen) atoms. The van der Waals surface area contributed by atoms with Crippen LogP contribution in [0.1, 0.15) is 26.2 Å². The van der Waals surface area contributed by atoms with Gasteiger partial charge in [0.1, 0.15) is 18.4 Å². The lowest BCUT2D eigenvalue weighted by Gasteiger charge is -2.40. The molecule has 8 nitrogen and oxygen atoms in total. The molecule has 2 amide bonds. The zero-order chi connectivity index (χ0) is 26.7. The van der Waals surface area contributed by atoms with Gasteiger partial charge in [0.15, 0.2) is 0 Å². The lowest BCUT2D eigenvalue weighted by atomic mass is 9.66. The molecule has 3 saturated heterocycles. The molecular formula is C28H36N2O6S. The van der Waals surface area contributed by atoms with Gasteiger partial charge in [0.25, 0.3) is 5.91 Å². The van der Waals surface area contributed by atoms with Crippen LogP contribution in [0, 0.1) is 17.8 Å². The minimum Gasteiger partial charge on any atom is -0.497 e. The number of rotatable bonds is 12. The highest BCUT2D eigenvalue weighted by atomic mass is 32.2. The smallest absolute Gasteiger partial charge is 0.311 e. The summed E-state index contributed by atoms with van der Waals surface area (Å²) in [5.41, 5.74) is 0.681. The monoisotopic (exact) mass is 528 g/mol. The lowest BCUT2D eigenvalue weighted by molar-refractivity contribution is -0.153. The number of carbonyl (C=O) groups is 3. The molecule has 1 aromatic carbocycles. The van der Waals surface area contributed by atoms with Crippen molar-refractivity contribution in [1.29, 1.82) is 0 Å². The Hall–Kier alpha value is -2.78. The number of anilines is 1. The van der Waals surface area contributed by atoms with Crippen molar-refractivity contribution in [2.75, 3.05) is 38.3 Å². The van der Waals surface area contributed by atoms with Crippen molar-refractivity contribution in [2.24, 2.45) is 17.8 Å². The predicted octanol–water partition coefficient (Wildman–Crippen LogP) is 3.05. The van der Waals surface area contributed by atoms with Crippen LogP contribution >= 0.6 is 11.8 Å². The highest BCUT2D eigenvalue weighted by Crippen LogP contribution is 2.68. The van der Waals surface area contributed by atoms with Gasteiger partial charge in [-0.3, -0.25) is 14.4 Å². The van der Waals surface area contributed by atoms with E-state index in [4.69, 9.17) is 9.47 Å². The summed E-state index contributed by atoms with van der Waals surface area (Å²) in [6, 6.07) is 6.49. The van der Waals surface area contributed by atoms with Crippen LogP contribution in [0.4, 0.5) is 5.69 Å². The molecule has 200 valence electrons. The number of thioether (sulfide) groups is 1. The number of carbonyl (C=O) groups excluding carboxylic acids is 3. The molecule has 2 bridgehead atoms. The summed E-state index contributed by atoms with van der Waals surface area (Å²) in [6.07, 6.45) is 5.01. The van der Waals surface area contributed by atoms with Gasteiger partial charge < -0.3 is 24.4 Å². The third kappa shape index (κ3) is 4.56. The Morgan fingerprint density at radius 2 is 1.97 bits per heavy atom. The Morgan fingerprint density at radius 1 is 1.24 bits per heavy atom. The number of methoxy groups -OCH3 is 1. The summed E-state index contributed by atoms with van der Waals surface area (Å²) in [6.45, 7) is 10.3. The van der Waals surface area contributed by atoms with Crippen LogP contribution < -0.4 is 9.64 Å². The normalized spacial score (nSPS) is 29.6. The fourth-order valence-electron chi connectivity index (χ4n) is 6.30. The number of benzene rings is 1. The fraction of sp³-hybridized carbons (Fsp3) is 0.536. The molecular weight excluding hydrogens is 492 g/mol. The van der Waals surface area contributed by atoms with E-state index in [0.29, 0.717) is 30.8 Å². The van der Waals surface area contributed by atoms with Crippen LogP contribution in [0.15, 0.2) is 49.6 Å². The second-order valence-electron chi connectivity index (χ2n) is 9.87. The van der Waals surface area contributed by atoms with E-state index in [1.165, 1.54) is 6.08 Å². The lowest BCUT2D eigenvalue weighted by Crippen LogP contribution is -2.57. The summed E-state index contributed by atoms with van der Waals surface area (Å²) in [7, 11) is 1.58. The first-order chi connectivity index (χ1) is 17.8. The van der Waals surface area contributed by atoms with E-state index < -0.39 is 28.6 Å². The first-order valence-electron chi connectivity index (χ1n) is 12.8. The highest BCUT2D eigenvalue weighted by Gasteiger charge is 2.76. The van der Waals surface area contributed by atoms with Crippen molar-refractivity contribution in [2.45, 2.75) is 42.2 Å². The van der Waals surface area contributed by atoms with E-state index in [1.807, 2.05) is 12.1 Å². The first-order valence-corrected chi connectivity index (χ1v) is 13.7. The Bertz CT molecular complexity index is 1050. The summed E-state index contributed by atoms with van der Waals surface area (Å²) >= 11 is 1.62. The van der Waals surface area contributed by atoms with Crippen molar-refractivity contribution in [3.8, 4) is 5.75 Å². The van der Waals surface area contributed by atoms with Gasteiger partial charge in [0.2, 0.25) is 5.91 Å². The predicted molar refractivity (Wildman–Crippen MR) is 143 cm³/mol. The minimum absolute atomic E-state index is 0.00732. The Labute approximate surface area is 222 Å². The molecule has 1 spiro atoms. The van der Waals surface area contributed by atoms with Gasteiger partial charge in [-0.15, -0.1) is 18.3 Å². The quantitative estimate of drug-likeness (QED) is 0.253. The third-order valence-electron chi connectivity index (χ3n) is 7.86. The largest absolute Gasteiger partial charge is 0.497 e. The van der Waals surface area contributed by atoms with Crippen LogP contribution in [0.25, 0.3) is 0 Å². The molecule has 0 aromatic heterocycles. The number of ether oxygens (including phenoxy) is 2. The van der Waals surface area contributed by atoms with E-state index in [0.717, 1.165) is 6.42 Å². The molecule has 3 aliphatic heterocycles. The Morgan fingerprint density at radius 3 is 2.59 bits per heavy atom. The standard InChI is InChI=1S/C28H36N2O6S/c1-5-13-29(19-9-11-20(35-4)12-10-19)26(33)24-28-18(3)17-21(37-28)22(27(34)36-16-6-2)23(28)25(32)30(24)14-7-8-15-31/h5-6,9-12,18,21-24,31H,1-2,7-8,13-17H2,3-4H3/t18?,21-,22+,23+,24?,28?/m1/s1. The Kier molecular flexibility index (Phi) is 8.33. The number of hydrogen-bond acceptors (Lipinski definition) is 7. The van der Waals surface area contributed by atoms with E-state index in [9.17, 15) is 19.5 Å². The van der Waals surface area contributed by atoms with Crippen LogP contribution in [-0.4, -0.2) is 77.2 Å². The number of amides is 2. The molecule has 3 fully saturated rings. The van der Waals surface area contributed by atoms with Gasteiger partial charge in [-0.25, -0.2) is 0 Å². The maximum atomic E-state index is 14.5. The zero-order valence-corrected chi connectivity index (χ0v) is 22.3. The fourth-order valence-corrected chi connectivity index (χ4v) is 8.70. The molecule has 3 heterocycles. The minimum atomic E-state index is -0.743. The van der Waals surface area contributed by atoms with E-state index in [1.54, 1.807) is 46.9 Å². The summed E-state index contributed by atoms with van der Waals surface area (Å²) in [5.74, 6) is -1.26. The van der Waals surface area contributed by atoms with Crippen molar-refractivity contribution < 1.29 is 29.0 Å². The number of aliphatic hydroxyl groups excluding tert-OH is 1. The number of esters is 1. The topological polar surface area (TPSA) is 96.4 Å². The molecule has 3 aliphatic rings. The Balaban J connectivity index is 1.76. The molecule has 0 radical (unpaired) electrons. The second kappa shape index (κ2) is 11.3. The molecule has 1 N–H and O–H groups in total. The highest BCUT2D eigenvalue weighted by molar-refractivity contribution is 8.02. The number of nitrogens with zero attached hydrogens (tertiary/aromatic N) is 2. The van der Waals surface area contributed by atoms with Crippen LogP contribution in [0.2, 0.25) is 0 Å². The van der Waals surface area contributed by atoms with Gasteiger partial charge >= 0.3 is 5.97 Å². The number of unbranched alkanes of at least 4 members (excludes halogenated alkanes) is 1. The average molecular weight is 529 g/mol. The first kappa shape index (κ1) is 27.3. The zero-order valence-electron chi connectivity index (χ0n) is 21.5. The molecule has 1 aromatic rings. The molecule has 3 unspecified atom stereocenters. The van der Waals surface area contributed by atoms with E-state index in [2.05, 4.69) is 20.1 Å². The molecule has 0 saturated carbocycles. The van der Waals surface area contributed by atoms with Gasteiger partial charge in [-0.1, -0.05) is 25.7 Å². The van der Waals surface area contributed by atoms with Gasteiger partial charge in [-0.2, -0.15) is 0 Å². The van der Waals surface area contributed by atoms with Crippen molar-refractivity contribution in [1.82, 2.24) is 4.90 Å². The molecule has 6 atom stereocenters. The van der Waals surface area contributed by atoms with Crippen LogP contribution in [0.5, 0.6) is 5.75 Å². The van der Waals surface area contributed by atoms with Gasteiger partial charge in [0, 0.05) is 30.6 Å². The maximum Gasteiger partial charge on any atom is 0.311 e. The average Bonchev–Trinajstić information content (AvgIpc) is 3.49.